The van der Waals surface area contributed by atoms with Gasteiger partial charge in [-0.2, -0.15) is 0 Å². The van der Waals surface area contributed by atoms with Crippen LogP contribution < -0.4 is 4.74 Å². The van der Waals surface area contributed by atoms with Crippen molar-refractivity contribution in [2.24, 2.45) is 166 Å². The van der Waals surface area contributed by atoms with Crippen molar-refractivity contribution in [2.75, 3.05) is 0 Å². The summed E-state index contributed by atoms with van der Waals surface area (Å²) in [6, 6.07) is 12.3. The van der Waals surface area contributed by atoms with E-state index >= 15 is 0 Å². The van der Waals surface area contributed by atoms with Gasteiger partial charge in [0, 0.05) is 0 Å². The maximum Gasteiger partial charge on any atom is 0.127 e. The Hall–Kier alpha value is -1.76. The summed E-state index contributed by atoms with van der Waals surface area (Å²) in [5.74, 6) is 29.5. The molecule has 0 spiro atoms. The number of benzene rings is 2. The Morgan fingerprint density at radius 3 is 0.805 bits per heavy atom. The second-order valence-corrected chi connectivity index (χ2v) is 34.7. The molecule has 0 aromatic heterocycles. The highest BCUT2D eigenvalue weighted by atomic mass is 16.5. The molecule has 0 bridgehead atoms. The lowest BCUT2D eigenvalue weighted by Crippen LogP contribution is -2.43. The van der Waals surface area contributed by atoms with Crippen LogP contribution in [0.15, 0.2) is 36.4 Å². The van der Waals surface area contributed by atoms with Crippen LogP contribution in [0.2, 0.25) is 0 Å². The van der Waals surface area contributed by atoms with Crippen LogP contribution in [0, 0.1) is 193 Å². The average molecular weight is 1200 g/mol. The van der Waals surface area contributed by atoms with E-state index in [1.165, 1.54) is 138 Å². The zero-order valence-corrected chi connectivity index (χ0v) is 63.8. The Bertz CT molecular complexity index is 1980. The standard InChI is InChI=1S/C16H18O.3C14H26.2C10H20.C8H18/c1-11-5-7-15(9-13(11)3)17-16-8-6-12(2)14(4)10-16;1-9-5-13-7-11(3)12(4)8-14(13)6-10(9)2;1-9-5-7-14-12(4)10(2)6-8-13(14)11(9)3;1-9-5-6-11(3)14-12(4)8-7-10(2)13(9)14;1-7-5-9(3)10(4)6-8(7)2;1-7-5-6-8(2)10(4)9(7)3;1-5-7(3)8(4)6-2/h5-10H,1-4H3;3*9-14H,5-8H2,1-4H3;2*7-10H,5-6H2,1-4H3;7-8H,5-6H2,1-4H3. The fourth-order valence-corrected chi connectivity index (χ4v) is 19.0. The molecule has 1 nitrogen and oxygen atoms in total. The first-order chi connectivity index (χ1) is 40.8. The van der Waals surface area contributed by atoms with Crippen molar-refractivity contribution >= 4 is 0 Å². The molecule has 0 radical (unpaired) electrons. The molecule has 0 saturated heterocycles. The maximum atomic E-state index is 5.85. The van der Waals surface area contributed by atoms with Crippen molar-refractivity contribution in [1.82, 2.24) is 0 Å². The number of ether oxygens (including phenoxy) is 1. The van der Waals surface area contributed by atoms with Crippen LogP contribution >= 0.6 is 0 Å². The first kappa shape index (κ1) is 77.7. The van der Waals surface area contributed by atoms with E-state index in [-0.39, 0.29) is 0 Å². The van der Waals surface area contributed by atoms with Gasteiger partial charge in [0.2, 0.25) is 0 Å². The van der Waals surface area contributed by atoms with Crippen LogP contribution in [-0.2, 0) is 0 Å². The molecule has 0 aliphatic heterocycles. The molecule has 87 heavy (non-hydrogen) atoms. The maximum absolute atomic E-state index is 5.85. The lowest BCUT2D eigenvalue weighted by Gasteiger charge is -2.50. The highest BCUT2D eigenvalue weighted by molar-refractivity contribution is 5.40. The quantitative estimate of drug-likeness (QED) is 0.290. The topological polar surface area (TPSA) is 9.23 Å². The summed E-state index contributed by atoms with van der Waals surface area (Å²) in [6.07, 6.45) is 26.5. The van der Waals surface area contributed by atoms with Crippen LogP contribution in [0.5, 0.6) is 11.5 Å². The summed E-state index contributed by atoms with van der Waals surface area (Å²) >= 11 is 0. The minimum atomic E-state index is 0.899. The van der Waals surface area contributed by atoms with Gasteiger partial charge in [0.05, 0.1) is 0 Å². The van der Waals surface area contributed by atoms with E-state index in [2.05, 4.69) is 218 Å². The minimum absolute atomic E-state index is 0.899. The predicted octanol–water partition coefficient (Wildman–Crippen LogP) is 27.5. The van der Waals surface area contributed by atoms with Crippen LogP contribution in [0.1, 0.15) is 304 Å². The van der Waals surface area contributed by atoms with Crippen molar-refractivity contribution in [3.05, 3.63) is 58.7 Å². The van der Waals surface area contributed by atoms with Crippen molar-refractivity contribution in [2.45, 2.75) is 309 Å². The van der Waals surface area contributed by atoms with E-state index in [1.54, 1.807) is 0 Å². The molecule has 504 valence electrons. The SMILES string of the molecule is CC1CC(C)C(C)CC1C.CC1CC2CC(C)C(C)CC2CC1C.CC1CCC(C)C(C)C1C.CC1CCC(C)C2C(C)CCC(C)C12.CC1CCC2C(C)C(C)CCC2C1C.CCC(C)C(C)CC.Cc1ccc(Oc2ccc(C)c(C)c2)cc1C. The van der Waals surface area contributed by atoms with Crippen LogP contribution in [0.25, 0.3) is 0 Å². The molecule has 8 saturated carbocycles. The van der Waals surface area contributed by atoms with Crippen molar-refractivity contribution in [3.8, 4) is 11.5 Å². The highest BCUT2D eigenvalue weighted by Crippen LogP contribution is 2.53. The largest absolute Gasteiger partial charge is 0.457 e. The highest BCUT2D eigenvalue weighted by Gasteiger charge is 2.44. The van der Waals surface area contributed by atoms with Crippen LogP contribution in [-0.4, -0.2) is 0 Å². The van der Waals surface area contributed by atoms with E-state index in [0.29, 0.717) is 0 Å². The monoisotopic (exact) mass is 1200 g/mol. The molecule has 8 aliphatic carbocycles. The first-order valence-corrected chi connectivity index (χ1v) is 38.6. The van der Waals surface area contributed by atoms with Crippen molar-refractivity contribution in [3.63, 3.8) is 0 Å². The Morgan fingerprint density at radius 2 is 0.540 bits per heavy atom. The second kappa shape index (κ2) is 37.2. The van der Waals surface area contributed by atoms with Gasteiger partial charge in [0.15, 0.2) is 0 Å². The van der Waals surface area contributed by atoms with Crippen molar-refractivity contribution in [1.29, 1.82) is 0 Å². The number of rotatable bonds is 5. The molecule has 0 heterocycles. The Labute approximate surface area is 547 Å². The normalized spacial score (nSPS) is 41.1. The lowest BCUT2D eigenvalue weighted by atomic mass is 9.55. The van der Waals surface area contributed by atoms with Gasteiger partial charge in [-0.1, -0.05) is 243 Å². The third-order valence-electron chi connectivity index (χ3n) is 28.7. The lowest BCUT2D eigenvalue weighted by molar-refractivity contribution is -0.00927. The molecule has 0 amide bonds. The molecule has 2 aromatic rings. The van der Waals surface area contributed by atoms with E-state index in [1.807, 2.05) is 12.1 Å². The second-order valence-electron chi connectivity index (χ2n) is 34.7. The van der Waals surface area contributed by atoms with Crippen molar-refractivity contribution < 1.29 is 4.74 Å². The third kappa shape index (κ3) is 23.0. The summed E-state index contributed by atoms with van der Waals surface area (Å²) < 4.78 is 5.85. The zero-order chi connectivity index (χ0) is 65.3. The molecule has 2 aromatic carbocycles. The summed E-state index contributed by atoms with van der Waals surface area (Å²) in [6.45, 7) is 66.6. The molecule has 8 aliphatic rings. The van der Waals surface area contributed by atoms with Gasteiger partial charge in [-0.05, 0) is 291 Å². The smallest absolute Gasteiger partial charge is 0.127 e. The fraction of sp³-hybridized carbons (Fsp3) is 0.860. The van der Waals surface area contributed by atoms with Gasteiger partial charge in [0.25, 0.3) is 0 Å². The van der Waals surface area contributed by atoms with Crippen LogP contribution in [0.4, 0.5) is 0 Å². The zero-order valence-electron chi connectivity index (χ0n) is 63.8. The number of fused-ring (bicyclic) bond motifs is 3. The molecule has 0 N–H and O–H groups in total. The van der Waals surface area contributed by atoms with E-state index in [9.17, 15) is 0 Å². The first-order valence-electron chi connectivity index (χ1n) is 38.6. The Balaban J connectivity index is 0.000000220. The molecule has 8 fully saturated rings. The Kier molecular flexibility index (Phi) is 33.2. The average Bonchev–Trinajstić information content (AvgIpc) is 1.63. The number of hydrogen-bond donors (Lipinski definition) is 0. The van der Waals surface area contributed by atoms with Gasteiger partial charge in [-0.25, -0.2) is 0 Å². The van der Waals surface area contributed by atoms with Gasteiger partial charge in [0.1, 0.15) is 11.5 Å². The van der Waals surface area contributed by atoms with Crippen LogP contribution in [0.3, 0.4) is 0 Å². The third-order valence-corrected chi connectivity index (χ3v) is 28.7. The molecular weight excluding hydrogens is 1050 g/mol. The Morgan fingerprint density at radius 1 is 0.299 bits per heavy atom. The summed E-state index contributed by atoms with van der Waals surface area (Å²) in [5.41, 5.74) is 5.09. The number of hydrogen-bond acceptors (Lipinski definition) is 1. The molecule has 10 rings (SSSR count). The van der Waals surface area contributed by atoms with E-state index in [4.69, 9.17) is 4.74 Å². The van der Waals surface area contributed by atoms with Gasteiger partial charge in [-0.3, -0.25) is 0 Å². The molecular formula is C86H154O. The molecule has 24 unspecified atom stereocenters. The fourth-order valence-electron chi connectivity index (χ4n) is 19.0. The van der Waals surface area contributed by atoms with Gasteiger partial charge in [-0.15, -0.1) is 0 Å². The summed E-state index contributed by atoms with van der Waals surface area (Å²) in [5, 5.41) is 0. The van der Waals surface area contributed by atoms with Gasteiger partial charge < -0.3 is 4.74 Å². The summed E-state index contributed by atoms with van der Waals surface area (Å²) in [4.78, 5) is 0. The minimum Gasteiger partial charge on any atom is -0.457 e. The summed E-state index contributed by atoms with van der Waals surface area (Å²) in [7, 11) is 0. The van der Waals surface area contributed by atoms with E-state index in [0.717, 1.165) is 177 Å². The molecule has 1 heteroatoms. The van der Waals surface area contributed by atoms with E-state index < -0.39 is 0 Å². The number of aryl methyl sites for hydroxylation is 4. The predicted molar refractivity (Wildman–Crippen MR) is 389 cm³/mol. The molecule has 24 atom stereocenters. The van der Waals surface area contributed by atoms with Gasteiger partial charge >= 0.3 is 0 Å².